The van der Waals surface area contributed by atoms with Crippen molar-refractivity contribution in [3.05, 3.63) is 198 Å². The van der Waals surface area contributed by atoms with E-state index in [9.17, 15) is 52.7 Å². The molecule has 0 saturated carbocycles. The van der Waals surface area contributed by atoms with E-state index in [1.807, 2.05) is 12.1 Å². The number of para-hydroxylation sites is 1. The first-order valence-electron chi connectivity index (χ1n) is 21.8. The Morgan fingerprint density at radius 1 is 0.278 bits per heavy atom. The normalized spacial score (nSPS) is 12.7. The molecular formula is C55H29F12N5. The highest BCUT2D eigenvalue weighted by Gasteiger charge is 2.36. The maximum absolute atomic E-state index is 14.3. The Bertz CT molecular complexity index is 3720. The van der Waals surface area contributed by atoms with E-state index in [-0.39, 0.29) is 78.0 Å². The van der Waals surface area contributed by atoms with E-state index >= 15 is 0 Å². The van der Waals surface area contributed by atoms with Crippen molar-refractivity contribution in [2.45, 2.75) is 24.7 Å². The van der Waals surface area contributed by atoms with Crippen LogP contribution in [0.25, 0.3) is 100 Å². The number of aromatic nitrogens is 5. The van der Waals surface area contributed by atoms with Gasteiger partial charge in [0.05, 0.1) is 55.7 Å². The lowest BCUT2D eigenvalue weighted by atomic mass is 9.98. The van der Waals surface area contributed by atoms with Crippen LogP contribution in [0.2, 0.25) is 0 Å². The van der Waals surface area contributed by atoms with Crippen molar-refractivity contribution in [1.82, 2.24) is 24.1 Å². The van der Waals surface area contributed by atoms with Gasteiger partial charge >= 0.3 is 24.7 Å². The number of rotatable bonds is 6. The highest BCUT2D eigenvalue weighted by Crippen LogP contribution is 2.46. The Labute approximate surface area is 398 Å². The van der Waals surface area contributed by atoms with Gasteiger partial charge < -0.3 is 9.13 Å². The van der Waals surface area contributed by atoms with Crippen molar-refractivity contribution in [3.8, 4) is 56.7 Å². The molecule has 0 spiro atoms. The Balaban J connectivity index is 1.24. The molecule has 0 fully saturated rings. The molecule has 0 unspecified atom stereocenters. The molecule has 5 nitrogen and oxygen atoms in total. The molecule has 3 aromatic heterocycles. The topological polar surface area (TPSA) is 48.5 Å². The van der Waals surface area contributed by atoms with Gasteiger partial charge in [-0.3, -0.25) is 0 Å². The summed E-state index contributed by atoms with van der Waals surface area (Å²) in [6.45, 7) is 0. The standard InChI is InChI=1S/C55H29F12N5/c56-52(57,58)33-16-21-45-39(26-33)40-27-34(53(59,60)61)17-22-46(40)71(45)43-14-8-7-13-37(43)38-25-32(51-69-49(30-9-3-1-4-10-30)68-50(70-51)31-11-5-2-6-12-31)15-20-44(38)72-47-23-18-35(54(62,63)64)28-41(47)42-29-36(55(65,66)67)19-24-48(42)72/h1-29H. The van der Waals surface area contributed by atoms with Crippen molar-refractivity contribution < 1.29 is 52.7 Å². The second-order valence-corrected chi connectivity index (χ2v) is 16.9. The van der Waals surface area contributed by atoms with Gasteiger partial charge in [-0.15, -0.1) is 0 Å². The number of halogens is 12. The Morgan fingerprint density at radius 3 is 0.958 bits per heavy atom. The summed E-state index contributed by atoms with van der Waals surface area (Å²) in [6, 6.07) is 40.4. The summed E-state index contributed by atoms with van der Waals surface area (Å²) >= 11 is 0. The van der Waals surface area contributed by atoms with Gasteiger partial charge in [0.15, 0.2) is 17.5 Å². The highest BCUT2D eigenvalue weighted by molar-refractivity contribution is 6.12. The largest absolute Gasteiger partial charge is 0.416 e. The van der Waals surface area contributed by atoms with Gasteiger partial charge in [0.2, 0.25) is 0 Å². The highest BCUT2D eigenvalue weighted by atomic mass is 19.4. The minimum absolute atomic E-state index is 0.0814. The third-order valence-electron chi connectivity index (χ3n) is 12.5. The molecule has 0 aliphatic heterocycles. The molecule has 8 aromatic carbocycles. The molecule has 0 saturated heterocycles. The van der Waals surface area contributed by atoms with Crippen molar-refractivity contribution >= 4 is 43.6 Å². The molecule has 0 atom stereocenters. The van der Waals surface area contributed by atoms with Crippen LogP contribution >= 0.6 is 0 Å². The maximum atomic E-state index is 14.3. The Hall–Kier alpha value is -8.47. The lowest BCUT2D eigenvalue weighted by Gasteiger charge is -2.20. The molecular weight excluding hydrogens is 959 g/mol. The van der Waals surface area contributed by atoms with Gasteiger partial charge in [0.1, 0.15) is 0 Å². The zero-order valence-corrected chi connectivity index (χ0v) is 36.5. The fourth-order valence-corrected chi connectivity index (χ4v) is 9.19. The molecule has 0 aliphatic rings. The first-order chi connectivity index (χ1) is 34.2. The number of hydrogen-bond acceptors (Lipinski definition) is 3. The molecule has 11 aromatic rings. The summed E-state index contributed by atoms with van der Waals surface area (Å²) in [4.78, 5) is 14.5. The number of benzene rings is 8. The molecule has 3 heterocycles. The summed E-state index contributed by atoms with van der Waals surface area (Å²) in [5.41, 5.74) is -1.45. The quantitative estimate of drug-likeness (QED) is 0.156. The Morgan fingerprint density at radius 2 is 0.597 bits per heavy atom. The molecule has 0 aliphatic carbocycles. The monoisotopic (exact) mass is 987 g/mol. The molecule has 0 bridgehead atoms. The van der Waals surface area contributed by atoms with Crippen LogP contribution in [-0.4, -0.2) is 24.1 Å². The summed E-state index contributed by atoms with van der Waals surface area (Å²) < 4.78 is 175. The van der Waals surface area contributed by atoms with E-state index < -0.39 is 47.0 Å². The van der Waals surface area contributed by atoms with E-state index in [0.717, 1.165) is 72.8 Å². The van der Waals surface area contributed by atoms with Crippen LogP contribution in [0.4, 0.5) is 52.7 Å². The minimum atomic E-state index is -4.87. The number of nitrogens with zero attached hydrogens (tertiary/aromatic N) is 5. The molecule has 0 radical (unpaired) electrons. The van der Waals surface area contributed by atoms with Crippen LogP contribution in [0.3, 0.4) is 0 Å². The van der Waals surface area contributed by atoms with Gasteiger partial charge in [-0.05, 0) is 97.1 Å². The SMILES string of the molecule is FC(F)(F)c1ccc2c(c1)c1cc(C(F)(F)F)ccc1n2-c1ccccc1-c1cc(-c2nc(-c3ccccc3)nc(-c3ccccc3)n2)ccc1-n1c2ccc(C(F)(F)F)cc2c2cc(C(F)(F)F)ccc21. The lowest BCUT2D eigenvalue weighted by Crippen LogP contribution is -2.06. The van der Waals surface area contributed by atoms with Crippen LogP contribution in [0.5, 0.6) is 0 Å². The molecule has 0 amide bonds. The van der Waals surface area contributed by atoms with Gasteiger partial charge in [-0.2, -0.15) is 52.7 Å². The Kier molecular flexibility index (Phi) is 10.6. The van der Waals surface area contributed by atoms with Crippen molar-refractivity contribution in [1.29, 1.82) is 0 Å². The smallest absolute Gasteiger partial charge is 0.309 e. The van der Waals surface area contributed by atoms with Crippen LogP contribution in [0.1, 0.15) is 22.3 Å². The average Bonchev–Trinajstić information content (AvgIpc) is 3.87. The van der Waals surface area contributed by atoms with Gasteiger partial charge in [-0.25, -0.2) is 15.0 Å². The van der Waals surface area contributed by atoms with Crippen molar-refractivity contribution in [2.24, 2.45) is 0 Å². The summed E-state index contributed by atoms with van der Waals surface area (Å²) in [5.74, 6) is 0.724. The fraction of sp³-hybridized carbons (Fsp3) is 0.0727. The van der Waals surface area contributed by atoms with Crippen LogP contribution < -0.4 is 0 Å². The first-order valence-corrected chi connectivity index (χ1v) is 21.8. The summed E-state index contributed by atoms with van der Waals surface area (Å²) in [7, 11) is 0. The van der Waals surface area contributed by atoms with Gasteiger partial charge in [0.25, 0.3) is 0 Å². The second kappa shape index (κ2) is 16.6. The summed E-state index contributed by atoms with van der Waals surface area (Å²) in [5, 5.41) is -0.611. The van der Waals surface area contributed by atoms with Gasteiger partial charge in [-0.1, -0.05) is 78.9 Å². The second-order valence-electron chi connectivity index (χ2n) is 16.9. The van der Waals surface area contributed by atoms with E-state index in [4.69, 9.17) is 15.0 Å². The third kappa shape index (κ3) is 8.03. The molecule has 0 N–H and O–H groups in total. The number of hydrogen-bond donors (Lipinski definition) is 0. The van der Waals surface area contributed by atoms with E-state index in [1.165, 1.54) is 9.13 Å². The summed E-state index contributed by atoms with van der Waals surface area (Å²) in [6.07, 6.45) is -19.5. The zero-order valence-electron chi connectivity index (χ0n) is 36.5. The lowest BCUT2D eigenvalue weighted by molar-refractivity contribution is -0.138. The first kappa shape index (κ1) is 45.9. The molecule has 72 heavy (non-hydrogen) atoms. The predicted molar refractivity (Wildman–Crippen MR) is 250 cm³/mol. The van der Waals surface area contributed by atoms with Crippen molar-refractivity contribution in [3.63, 3.8) is 0 Å². The van der Waals surface area contributed by atoms with E-state index in [0.29, 0.717) is 22.3 Å². The zero-order chi connectivity index (χ0) is 50.5. The van der Waals surface area contributed by atoms with Crippen LogP contribution in [0.15, 0.2) is 176 Å². The van der Waals surface area contributed by atoms with Crippen LogP contribution in [-0.2, 0) is 24.7 Å². The fourth-order valence-electron chi connectivity index (χ4n) is 9.19. The number of alkyl halides is 12. The minimum Gasteiger partial charge on any atom is -0.309 e. The predicted octanol–water partition coefficient (Wildman–Crippen LogP) is 16.8. The molecule has 358 valence electrons. The average molecular weight is 988 g/mol. The number of fused-ring (bicyclic) bond motifs is 6. The van der Waals surface area contributed by atoms with Gasteiger partial charge in [0, 0.05) is 49.4 Å². The van der Waals surface area contributed by atoms with Crippen molar-refractivity contribution in [2.75, 3.05) is 0 Å². The third-order valence-corrected chi connectivity index (χ3v) is 12.5. The molecule has 17 heteroatoms. The van der Waals surface area contributed by atoms with E-state index in [2.05, 4.69) is 0 Å². The van der Waals surface area contributed by atoms with E-state index in [1.54, 1.807) is 91.0 Å². The molecule has 11 rings (SSSR count). The maximum Gasteiger partial charge on any atom is 0.416 e. The van der Waals surface area contributed by atoms with Crippen LogP contribution in [0, 0.1) is 0 Å².